The normalized spacial score (nSPS) is 33.7. The third kappa shape index (κ3) is 3.87. The van der Waals surface area contributed by atoms with E-state index in [9.17, 15) is 22.8 Å². The van der Waals surface area contributed by atoms with Crippen molar-refractivity contribution in [2.75, 3.05) is 13.2 Å². The fourth-order valence-corrected chi connectivity index (χ4v) is 2.92. The minimum absolute atomic E-state index is 0.0428. The van der Waals surface area contributed by atoms with E-state index in [-0.39, 0.29) is 44.8 Å². The van der Waals surface area contributed by atoms with Crippen LogP contribution < -0.4 is 5.32 Å². The van der Waals surface area contributed by atoms with Crippen LogP contribution in [0.3, 0.4) is 0 Å². The summed E-state index contributed by atoms with van der Waals surface area (Å²) in [7, 11) is 0. The molecule has 2 atom stereocenters. The Kier molecular flexibility index (Phi) is 4.75. The molecule has 21 heavy (non-hydrogen) atoms. The number of amides is 1. The fourth-order valence-electron chi connectivity index (χ4n) is 2.92. The maximum atomic E-state index is 12.6. The van der Waals surface area contributed by atoms with E-state index >= 15 is 0 Å². The number of carbonyl (C=O) groups is 2. The molecule has 0 aromatic carbocycles. The molecule has 1 amide bonds. The number of hydrogen-bond acceptors (Lipinski definition) is 3. The van der Waals surface area contributed by atoms with Gasteiger partial charge in [-0.2, -0.15) is 13.2 Å². The van der Waals surface area contributed by atoms with Gasteiger partial charge in [-0.05, 0) is 25.7 Å². The Labute approximate surface area is 119 Å². The minimum atomic E-state index is -4.20. The number of ether oxygens (including phenoxy) is 1. The van der Waals surface area contributed by atoms with Crippen LogP contribution in [0.5, 0.6) is 0 Å². The number of halogens is 3. The lowest BCUT2D eigenvalue weighted by Gasteiger charge is -2.30. The highest BCUT2D eigenvalue weighted by Crippen LogP contribution is 2.39. The third-order valence-electron chi connectivity index (χ3n) is 4.29. The molecule has 0 bridgehead atoms. The van der Waals surface area contributed by atoms with Gasteiger partial charge in [0.2, 0.25) is 5.91 Å². The first-order chi connectivity index (χ1) is 9.79. The van der Waals surface area contributed by atoms with Gasteiger partial charge in [-0.3, -0.25) is 9.59 Å². The molecular formula is C13H18F3NO4. The summed E-state index contributed by atoms with van der Waals surface area (Å²) in [5.74, 6) is -4.00. The lowest BCUT2D eigenvalue weighted by Crippen LogP contribution is -2.46. The van der Waals surface area contributed by atoms with Crippen molar-refractivity contribution in [2.24, 2.45) is 17.8 Å². The summed E-state index contributed by atoms with van der Waals surface area (Å²) in [5, 5.41) is 11.6. The molecule has 5 nitrogen and oxygen atoms in total. The van der Waals surface area contributed by atoms with Crippen molar-refractivity contribution in [3.8, 4) is 0 Å². The summed E-state index contributed by atoms with van der Waals surface area (Å²) in [6.07, 6.45) is -3.94. The van der Waals surface area contributed by atoms with E-state index in [0.29, 0.717) is 0 Å². The van der Waals surface area contributed by atoms with Crippen LogP contribution >= 0.6 is 0 Å². The Balaban J connectivity index is 1.84. The molecular weight excluding hydrogens is 291 g/mol. The van der Waals surface area contributed by atoms with Crippen molar-refractivity contribution >= 4 is 11.9 Å². The van der Waals surface area contributed by atoms with Crippen molar-refractivity contribution in [3.05, 3.63) is 0 Å². The van der Waals surface area contributed by atoms with Crippen LogP contribution in [0, 0.1) is 17.8 Å². The summed E-state index contributed by atoms with van der Waals surface area (Å²) in [6.45, 7) is 0.168. The molecule has 1 aliphatic heterocycles. The van der Waals surface area contributed by atoms with E-state index in [0.717, 1.165) is 0 Å². The van der Waals surface area contributed by atoms with Crippen molar-refractivity contribution < 1.29 is 32.6 Å². The van der Waals surface area contributed by atoms with E-state index in [1.54, 1.807) is 0 Å². The summed E-state index contributed by atoms with van der Waals surface area (Å²) >= 11 is 0. The number of alkyl halides is 3. The molecule has 1 saturated heterocycles. The van der Waals surface area contributed by atoms with Gasteiger partial charge in [-0.1, -0.05) is 0 Å². The van der Waals surface area contributed by atoms with Gasteiger partial charge in [0.05, 0.1) is 25.2 Å². The first-order valence-electron chi connectivity index (χ1n) is 6.96. The summed E-state index contributed by atoms with van der Waals surface area (Å²) in [5.41, 5.74) is 0. The molecule has 1 heterocycles. The molecule has 2 fully saturated rings. The largest absolute Gasteiger partial charge is 0.481 e. The maximum absolute atomic E-state index is 12.6. The quantitative estimate of drug-likeness (QED) is 0.830. The number of carboxylic acids is 1. The predicted molar refractivity (Wildman–Crippen MR) is 65.4 cm³/mol. The number of carbonyl (C=O) groups excluding carboxylic acids is 1. The SMILES string of the molecule is O=C(NC1COCC1C(=O)O)C1CCC(C(F)(F)F)CC1. The molecule has 120 valence electrons. The average Bonchev–Trinajstić information content (AvgIpc) is 2.86. The Hall–Kier alpha value is -1.31. The monoisotopic (exact) mass is 309 g/mol. The molecule has 2 N–H and O–H groups in total. The topological polar surface area (TPSA) is 75.6 Å². The van der Waals surface area contributed by atoms with Crippen LogP contribution in [0.4, 0.5) is 13.2 Å². The smallest absolute Gasteiger partial charge is 0.391 e. The van der Waals surface area contributed by atoms with E-state index in [4.69, 9.17) is 9.84 Å². The Bertz CT molecular complexity index is 405. The Morgan fingerprint density at radius 2 is 1.71 bits per heavy atom. The second kappa shape index (κ2) is 6.21. The first kappa shape index (κ1) is 16.1. The van der Waals surface area contributed by atoms with Gasteiger partial charge in [0.25, 0.3) is 0 Å². The van der Waals surface area contributed by atoms with Crippen LogP contribution in [-0.2, 0) is 14.3 Å². The van der Waals surface area contributed by atoms with E-state index in [1.807, 2.05) is 0 Å². The van der Waals surface area contributed by atoms with E-state index in [1.165, 1.54) is 0 Å². The maximum Gasteiger partial charge on any atom is 0.391 e. The minimum Gasteiger partial charge on any atom is -0.481 e. The molecule has 0 aromatic rings. The Morgan fingerprint density at radius 3 is 2.24 bits per heavy atom. The van der Waals surface area contributed by atoms with Crippen molar-refractivity contribution in [1.29, 1.82) is 0 Å². The molecule has 2 unspecified atom stereocenters. The van der Waals surface area contributed by atoms with Gasteiger partial charge < -0.3 is 15.2 Å². The molecule has 1 aliphatic carbocycles. The standard InChI is InChI=1S/C13H18F3NO4/c14-13(15,16)8-3-1-7(2-4-8)11(18)17-10-6-21-5-9(10)12(19)20/h7-10H,1-6H2,(H,17,18)(H,19,20). The number of nitrogens with one attached hydrogen (secondary N) is 1. The highest BCUT2D eigenvalue weighted by molar-refractivity contribution is 5.80. The predicted octanol–water partition coefficient (Wildman–Crippen LogP) is 1.57. The zero-order valence-corrected chi connectivity index (χ0v) is 11.4. The molecule has 0 radical (unpaired) electrons. The average molecular weight is 309 g/mol. The van der Waals surface area contributed by atoms with Gasteiger partial charge in [-0.15, -0.1) is 0 Å². The van der Waals surface area contributed by atoms with Crippen LogP contribution in [0.1, 0.15) is 25.7 Å². The molecule has 2 aliphatic rings. The second-order valence-corrected chi connectivity index (χ2v) is 5.69. The van der Waals surface area contributed by atoms with Gasteiger partial charge >= 0.3 is 12.1 Å². The lowest BCUT2D eigenvalue weighted by molar-refractivity contribution is -0.184. The molecule has 8 heteroatoms. The number of carboxylic acid groups (broad SMARTS) is 1. The molecule has 0 spiro atoms. The number of rotatable bonds is 3. The zero-order chi connectivity index (χ0) is 15.6. The molecule has 1 saturated carbocycles. The van der Waals surface area contributed by atoms with Gasteiger partial charge in [0.15, 0.2) is 0 Å². The Morgan fingerprint density at radius 1 is 1.10 bits per heavy atom. The highest BCUT2D eigenvalue weighted by Gasteiger charge is 2.43. The first-order valence-corrected chi connectivity index (χ1v) is 6.96. The lowest BCUT2D eigenvalue weighted by atomic mass is 9.81. The molecule has 2 rings (SSSR count). The van der Waals surface area contributed by atoms with Crippen LogP contribution in [0.15, 0.2) is 0 Å². The second-order valence-electron chi connectivity index (χ2n) is 5.69. The van der Waals surface area contributed by atoms with Crippen molar-refractivity contribution in [2.45, 2.75) is 37.9 Å². The van der Waals surface area contributed by atoms with Crippen molar-refractivity contribution in [3.63, 3.8) is 0 Å². The summed E-state index contributed by atoms with van der Waals surface area (Å²) in [4.78, 5) is 23.0. The van der Waals surface area contributed by atoms with Gasteiger partial charge in [0, 0.05) is 5.92 Å². The molecule has 0 aromatic heterocycles. The van der Waals surface area contributed by atoms with Crippen LogP contribution in [0.2, 0.25) is 0 Å². The zero-order valence-electron chi connectivity index (χ0n) is 11.4. The van der Waals surface area contributed by atoms with Gasteiger partial charge in [0.1, 0.15) is 5.92 Å². The van der Waals surface area contributed by atoms with Crippen molar-refractivity contribution in [1.82, 2.24) is 5.32 Å². The summed E-state index contributed by atoms with van der Waals surface area (Å²) in [6, 6.07) is -0.602. The number of hydrogen-bond donors (Lipinski definition) is 2. The van der Waals surface area contributed by atoms with Crippen LogP contribution in [0.25, 0.3) is 0 Å². The number of aliphatic carboxylic acids is 1. The van der Waals surface area contributed by atoms with E-state index in [2.05, 4.69) is 5.32 Å². The highest BCUT2D eigenvalue weighted by atomic mass is 19.4. The third-order valence-corrected chi connectivity index (χ3v) is 4.29. The van der Waals surface area contributed by atoms with Crippen LogP contribution in [-0.4, -0.2) is 42.4 Å². The summed E-state index contributed by atoms with van der Waals surface area (Å²) < 4.78 is 42.7. The fraction of sp³-hybridized carbons (Fsp3) is 0.846. The van der Waals surface area contributed by atoms with E-state index < -0.39 is 35.9 Å². The van der Waals surface area contributed by atoms with Gasteiger partial charge in [-0.25, -0.2) is 0 Å².